The Bertz CT molecular complexity index is 599. The van der Waals surface area contributed by atoms with Gasteiger partial charge in [-0.1, -0.05) is 0 Å². The summed E-state index contributed by atoms with van der Waals surface area (Å²) in [5, 5.41) is 16.8. The Hall–Kier alpha value is -2.15. The third-order valence-corrected chi connectivity index (χ3v) is 3.77. The highest BCUT2D eigenvalue weighted by Crippen LogP contribution is 2.24. The molecule has 2 aromatic rings. The van der Waals surface area contributed by atoms with Gasteiger partial charge in [-0.25, -0.2) is 9.97 Å². The van der Waals surface area contributed by atoms with Gasteiger partial charge in [0.05, 0.1) is 18.8 Å². The first-order chi connectivity index (χ1) is 10.3. The van der Waals surface area contributed by atoms with Gasteiger partial charge in [-0.3, -0.25) is 4.68 Å². The highest BCUT2D eigenvalue weighted by Gasteiger charge is 2.25. The molecule has 7 nitrogen and oxygen atoms in total. The lowest BCUT2D eigenvalue weighted by Gasteiger charge is -2.24. The van der Waals surface area contributed by atoms with Gasteiger partial charge < -0.3 is 15.3 Å². The molecule has 0 bridgehead atoms. The number of aliphatic hydroxyl groups is 1. The van der Waals surface area contributed by atoms with Gasteiger partial charge in [-0.2, -0.15) is 5.10 Å². The van der Waals surface area contributed by atoms with Crippen molar-refractivity contribution < 1.29 is 5.11 Å². The summed E-state index contributed by atoms with van der Waals surface area (Å²) < 4.78 is 1.78. The Balaban J connectivity index is 1.68. The van der Waals surface area contributed by atoms with Crippen molar-refractivity contribution in [3.05, 3.63) is 30.4 Å². The summed E-state index contributed by atoms with van der Waals surface area (Å²) >= 11 is 0. The van der Waals surface area contributed by atoms with E-state index < -0.39 is 0 Å². The predicted octanol–water partition coefficient (Wildman–Crippen LogP) is 0.783. The molecule has 0 aromatic carbocycles. The zero-order valence-electron chi connectivity index (χ0n) is 12.1. The molecule has 0 spiro atoms. The molecule has 1 fully saturated rings. The SMILES string of the molecule is Cn1cc(CNc2cc(N3CCC[C@@H]3CO)ncn2)cn1. The number of rotatable bonds is 5. The molecule has 2 aromatic heterocycles. The molecule has 2 N–H and O–H groups in total. The first kappa shape index (κ1) is 13.8. The summed E-state index contributed by atoms with van der Waals surface area (Å²) in [5.41, 5.74) is 1.10. The second kappa shape index (κ2) is 6.09. The van der Waals surface area contributed by atoms with Crippen LogP contribution in [0.25, 0.3) is 0 Å². The van der Waals surface area contributed by atoms with Crippen molar-refractivity contribution in [2.45, 2.75) is 25.4 Å². The number of aromatic nitrogens is 4. The largest absolute Gasteiger partial charge is 0.394 e. The van der Waals surface area contributed by atoms with Crippen molar-refractivity contribution in [3.63, 3.8) is 0 Å². The van der Waals surface area contributed by atoms with Crippen LogP contribution in [0.3, 0.4) is 0 Å². The third kappa shape index (κ3) is 3.13. The molecule has 21 heavy (non-hydrogen) atoms. The van der Waals surface area contributed by atoms with E-state index in [0.717, 1.165) is 36.6 Å². The van der Waals surface area contributed by atoms with Crippen LogP contribution in [0.1, 0.15) is 18.4 Å². The second-order valence-electron chi connectivity index (χ2n) is 5.31. The second-order valence-corrected chi connectivity index (χ2v) is 5.31. The Labute approximate surface area is 123 Å². The minimum absolute atomic E-state index is 0.169. The van der Waals surface area contributed by atoms with Crippen LogP contribution < -0.4 is 10.2 Å². The molecule has 1 aliphatic heterocycles. The maximum atomic E-state index is 9.41. The summed E-state index contributed by atoms with van der Waals surface area (Å²) in [6.07, 6.45) is 7.47. The smallest absolute Gasteiger partial charge is 0.134 e. The van der Waals surface area contributed by atoms with Crippen LogP contribution in [0.15, 0.2) is 24.8 Å². The van der Waals surface area contributed by atoms with Crippen molar-refractivity contribution in [1.29, 1.82) is 0 Å². The van der Waals surface area contributed by atoms with Crippen LogP contribution in [0.4, 0.5) is 11.6 Å². The minimum atomic E-state index is 0.169. The van der Waals surface area contributed by atoms with Gasteiger partial charge in [0.15, 0.2) is 0 Å². The molecule has 3 rings (SSSR count). The molecular formula is C14H20N6O. The van der Waals surface area contributed by atoms with Crippen molar-refractivity contribution in [2.75, 3.05) is 23.4 Å². The number of aryl methyl sites for hydroxylation is 1. The Kier molecular flexibility index (Phi) is 4.01. The van der Waals surface area contributed by atoms with Crippen molar-refractivity contribution in [3.8, 4) is 0 Å². The highest BCUT2D eigenvalue weighted by molar-refractivity contribution is 5.50. The van der Waals surface area contributed by atoms with Crippen molar-refractivity contribution in [2.24, 2.45) is 7.05 Å². The van der Waals surface area contributed by atoms with Gasteiger partial charge >= 0.3 is 0 Å². The fourth-order valence-electron chi connectivity index (χ4n) is 2.68. The molecule has 0 unspecified atom stereocenters. The zero-order chi connectivity index (χ0) is 14.7. The average molecular weight is 288 g/mol. The van der Waals surface area contributed by atoms with Crippen molar-refractivity contribution >= 4 is 11.6 Å². The third-order valence-electron chi connectivity index (χ3n) is 3.77. The fraction of sp³-hybridized carbons (Fsp3) is 0.500. The summed E-state index contributed by atoms with van der Waals surface area (Å²) in [5.74, 6) is 1.66. The maximum absolute atomic E-state index is 9.41. The van der Waals surface area contributed by atoms with E-state index >= 15 is 0 Å². The predicted molar refractivity (Wildman–Crippen MR) is 80.0 cm³/mol. The number of hydrogen-bond donors (Lipinski definition) is 2. The molecular weight excluding hydrogens is 268 g/mol. The van der Waals surface area contributed by atoms with E-state index in [1.54, 1.807) is 11.0 Å². The van der Waals surface area contributed by atoms with E-state index in [1.807, 2.05) is 25.5 Å². The molecule has 0 radical (unpaired) electrons. The van der Waals surface area contributed by atoms with E-state index in [-0.39, 0.29) is 12.6 Å². The van der Waals surface area contributed by atoms with Crippen LogP contribution in [-0.2, 0) is 13.6 Å². The molecule has 0 amide bonds. The topological polar surface area (TPSA) is 79.1 Å². The van der Waals surface area contributed by atoms with Gasteiger partial charge in [-0.15, -0.1) is 0 Å². The lowest BCUT2D eigenvalue weighted by molar-refractivity contribution is 0.266. The standard InChI is InChI=1S/C14H20N6O/c1-19-8-11(7-18-19)6-15-13-5-14(17-10-16-13)20-4-2-3-12(20)9-21/h5,7-8,10,12,21H,2-4,6,9H2,1H3,(H,15,16,17)/t12-/m1/s1. The molecule has 1 saturated heterocycles. The lowest BCUT2D eigenvalue weighted by Crippen LogP contribution is -2.32. The number of hydrogen-bond acceptors (Lipinski definition) is 6. The van der Waals surface area contributed by atoms with Crippen LogP contribution in [-0.4, -0.2) is 44.0 Å². The quantitative estimate of drug-likeness (QED) is 0.846. The van der Waals surface area contributed by atoms with Crippen LogP contribution >= 0.6 is 0 Å². The van der Waals surface area contributed by atoms with Gasteiger partial charge in [0.25, 0.3) is 0 Å². The molecule has 1 aliphatic rings. The van der Waals surface area contributed by atoms with E-state index in [2.05, 4.69) is 25.3 Å². The number of nitrogens with zero attached hydrogens (tertiary/aromatic N) is 5. The van der Waals surface area contributed by atoms with Gasteiger partial charge in [0, 0.05) is 38.0 Å². The first-order valence-electron chi connectivity index (χ1n) is 7.17. The fourth-order valence-corrected chi connectivity index (χ4v) is 2.68. The van der Waals surface area contributed by atoms with E-state index in [1.165, 1.54) is 0 Å². The van der Waals surface area contributed by atoms with Gasteiger partial charge in [0.2, 0.25) is 0 Å². The number of aliphatic hydroxyl groups excluding tert-OH is 1. The Morgan fingerprint density at radius 3 is 3.10 bits per heavy atom. The number of anilines is 2. The normalized spacial score (nSPS) is 18.2. The maximum Gasteiger partial charge on any atom is 0.134 e. The summed E-state index contributed by atoms with van der Waals surface area (Å²) in [7, 11) is 1.90. The summed E-state index contributed by atoms with van der Waals surface area (Å²) in [6.45, 7) is 1.78. The minimum Gasteiger partial charge on any atom is -0.394 e. The van der Waals surface area contributed by atoms with Crippen LogP contribution in [0.2, 0.25) is 0 Å². The number of nitrogens with one attached hydrogen (secondary N) is 1. The van der Waals surface area contributed by atoms with Crippen LogP contribution in [0, 0.1) is 0 Å². The molecule has 112 valence electrons. The average Bonchev–Trinajstić information content (AvgIpc) is 3.14. The first-order valence-corrected chi connectivity index (χ1v) is 7.17. The van der Waals surface area contributed by atoms with E-state index in [4.69, 9.17) is 0 Å². The lowest BCUT2D eigenvalue weighted by atomic mass is 10.2. The molecule has 1 atom stereocenters. The van der Waals surface area contributed by atoms with Gasteiger partial charge in [-0.05, 0) is 12.8 Å². The molecule has 7 heteroatoms. The Morgan fingerprint density at radius 1 is 1.43 bits per heavy atom. The van der Waals surface area contributed by atoms with Crippen molar-refractivity contribution in [1.82, 2.24) is 19.7 Å². The highest BCUT2D eigenvalue weighted by atomic mass is 16.3. The van der Waals surface area contributed by atoms with Crippen LogP contribution in [0.5, 0.6) is 0 Å². The Morgan fingerprint density at radius 2 is 2.33 bits per heavy atom. The van der Waals surface area contributed by atoms with E-state index in [9.17, 15) is 5.11 Å². The molecule has 0 saturated carbocycles. The van der Waals surface area contributed by atoms with Gasteiger partial charge in [0.1, 0.15) is 18.0 Å². The van der Waals surface area contributed by atoms with E-state index in [0.29, 0.717) is 6.54 Å². The molecule has 3 heterocycles. The summed E-state index contributed by atoms with van der Waals surface area (Å²) in [6, 6.07) is 2.11. The summed E-state index contributed by atoms with van der Waals surface area (Å²) in [4.78, 5) is 10.7. The zero-order valence-corrected chi connectivity index (χ0v) is 12.1. The monoisotopic (exact) mass is 288 g/mol. The molecule has 0 aliphatic carbocycles.